The summed E-state index contributed by atoms with van der Waals surface area (Å²) in [5.74, 6) is 4.49. The van der Waals surface area contributed by atoms with E-state index in [-0.39, 0.29) is 0 Å². The Hall–Kier alpha value is -0.260. The molecule has 58 valence electrons. The molecule has 0 radical (unpaired) electrons. The highest BCUT2D eigenvalue weighted by Crippen LogP contribution is 2.73. The Bertz CT molecular complexity index is 241. The lowest BCUT2D eigenvalue weighted by Crippen LogP contribution is -2.36. The van der Waals surface area contributed by atoms with Gasteiger partial charge in [-0.1, -0.05) is 24.0 Å². The second-order valence-electron chi connectivity index (χ2n) is 4.86. The summed E-state index contributed by atoms with van der Waals surface area (Å²) in [5, 5.41) is 0. The molecule has 0 spiro atoms. The van der Waals surface area contributed by atoms with Gasteiger partial charge in [-0.3, -0.25) is 0 Å². The molecule has 3 fully saturated rings. The lowest BCUT2D eigenvalue weighted by molar-refractivity contribution is 0.114. The molecule has 3 saturated carbocycles. The van der Waals surface area contributed by atoms with Crippen LogP contribution in [0.2, 0.25) is 0 Å². The number of hydrogen-bond acceptors (Lipinski definition) is 0. The van der Waals surface area contributed by atoms with Gasteiger partial charge in [0.05, 0.1) is 0 Å². The summed E-state index contributed by atoms with van der Waals surface area (Å²) in [5.41, 5.74) is 3.94. The van der Waals surface area contributed by atoms with Crippen molar-refractivity contribution in [1.29, 1.82) is 0 Å². The van der Waals surface area contributed by atoms with Crippen LogP contribution in [-0.2, 0) is 0 Å². The predicted molar refractivity (Wildman–Crippen MR) is 44.1 cm³/mol. The third kappa shape index (κ3) is 0.432. The van der Waals surface area contributed by atoms with E-state index in [1.807, 2.05) is 11.1 Å². The van der Waals surface area contributed by atoms with E-state index in [1.165, 1.54) is 19.3 Å². The second kappa shape index (κ2) is 1.44. The normalized spacial score (nSPS) is 56.7. The van der Waals surface area contributed by atoms with Crippen molar-refractivity contribution in [3.8, 4) is 0 Å². The predicted octanol–water partition coefficient (Wildman–Crippen LogP) is 2.75. The van der Waals surface area contributed by atoms with Gasteiger partial charge in [-0.15, -0.1) is 0 Å². The minimum absolute atomic E-state index is 1.08. The van der Waals surface area contributed by atoms with Crippen LogP contribution in [0.15, 0.2) is 11.1 Å². The summed E-state index contributed by atoms with van der Waals surface area (Å²) in [4.78, 5) is 0. The van der Waals surface area contributed by atoms with Crippen molar-refractivity contribution in [3.63, 3.8) is 0 Å². The first-order chi connectivity index (χ1) is 5.47. The minimum atomic E-state index is 1.08. The molecule has 0 saturated heterocycles. The van der Waals surface area contributed by atoms with Crippen LogP contribution in [0.5, 0.6) is 0 Å². The highest BCUT2D eigenvalue weighted by Gasteiger charge is 2.63. The fourth-order valence-corrected chi connectivity index (χ4v) is 4.12. The topological polar surface area (TPSA) is 0 Å². The molecular weight excluding hydrogens is 132 g/mol. The van der Waals surface area contributed by atoms with Gasteiger partial charge in [-0.05, 0) is 37.0 Å². The van der Waals surface area contributed by atoms with Gasteiger partial charge in [0.1, 0.15) is 0 Å². The fourth-order valence-electron chi connectivity index (χ4n) is 4.12. The van der Waals surface area contributed by atoms with Crippen molar-refractivity contribution in [2.24, 2.45) is 23.7 Å². The molecule has 5 aliphatic rings. The van der Waals surface area contributed by atoms with E-state index in [9.17, 15) is 0 Å². The third-order valence-corrected chi connectivity index (χ3v) is 4.62. The van der Waals surface area contributed by atoms with Gasteiger partial charge in [-0.25, -0.2) is 0 Å². The third-order valence-electron chi connectivity index (χ3n) is 4.62. The minimum Gasteiger partial charge on any atom is -0.0595 e. The van der Waals surface area contributed by atoms with E-state index >= 15 is 0 Å². The molecule has 5 aliphatic carbocycles. The summed E-state index contributed by atoms with van der Waals surface area (Å²) < 4.78 is 0. The molecular formula is C11H14. The van der Waals surface area contributed by atoms with Crippen molar-refractivity contribution in [2.75, 3.05) is 0 Å². The maximum Gasteiger partial charge on any atom is 0.00187 e. The zero-order valence-electron chi connectivity index (χ0n) is 6.84. The van der Waals surface area contributed by atoms with Gasteiger partial charge >= 0.3 is 0 Å². The number of allylic oxidation sites excluding steroid dienone is 2. The molecule has 0 heteroatoms. The van der Waals surface area contributed by atoms with Crippen molar-refractivity contribution in [3.05, 3.63) is 11.1 Å². The molecule has 0 aliphatic heterocycles. The highest BCUT2D eigenvalue weighted by atomic mass is 14.7. The molecule has 0 N–H and O–H groups in total. The zero-order valence-corrected chi connectivity index (χ0v) is 6.84. The quantitative estimate of drug-likeness (QED) is 0.461. The van der Waals surface area contributed by atoms with E-state index in [0.29, 0.717) is 0 Å². The summed E-state index contributed by atoms with van der Waals surface area (Å²) in [6.07, 6.45) is 7.73. The van der Waals surface area contributed by atoms with Crippen molar-refractivity contribution in [1.82, 2.24) is 0 Å². The lowest BCUT2D eigenvalue weighted by atomic mass is 9.60. The molecule has 2 atom stereocenters. The van der Waals surface area contributed by atoms with E-state index in [0.717, 1.165) is 23.7 Å². The van der Waals surface area contributed by atoms with Crippen LogP contribution in [0.1, 0.15) is 32.1 Å². The lowest BCUT2D eigenvalue weighted by Gasteiger charge is -2.44. The Morgan fingerprint density at radius 3 is 2.45 bits per heavy atom. The van der Waals surface area contributed by atoms with E-state index in [2.05, 4.69) is 0 Å². The van der Waals surface area contributed by atoms with Crippen LogP contribution in [0.4, 0.5) is 0 Å². The SMILES string of the molecule is C1CCC2C3CC2C2=C3C2C1. The van der Waals surface area contributed by atoms with E-state index in [1.54, 1.807) is 12.8 Å². The molecule has 0 aromatic carbocycles. The molecule has 0 aromatic heterocycles. The van der Waals surface area contributed by atoms with Gasteiger partial charge in [-0.2, -0.15) is 0 Å². The van der Waals surface area contributed by atoms with Gasteiger partial charge in [0, 0.05) is 5.92 Å². The largest absolute Gasteiger partial charge is 0.0595 e. The fraction of sp³-hybridized carbons (Fsp3) is 0.818. The maximum absolute atomic E-state index is 1.97. The van der Waals surface area contributed by atoms with E-state index < -0.39 is 0 Å². The maximum atomic E-state index is 1.97. The van der Waals surface area contributed by atoms with Crippen LogP contribution < -0.4 is 0 Å². The second-order valence-corrected chi connectivity index (χ2v) is 4.86. The number of fused-ring (bicyclic) bond motifs is 3. The zero-order chi connectivity index (χ0) is 7.00. The Morgan fingerprint density at radius 2 is 1.64 bits per heavy atom. The summed E-state index contributed by atoms with van der Waals surface area (Å²) in [7, 11) is 0. The Balaban J connectivity index is 1.75. The highest BCUT2D eigenvalue weighted by molar-refractivity contribution is 5.54. The van der Waals surface area contributed by atoms with Gasteiger partial charge < -0.3 is 0 Å². The summed E-state index contributed by atoms with van der Waals surface area (Å²) in [6.45, 7) is 0. The van der Waals surface area contributed by atoms with Crippen molar-refractivity contribution >= 4 is 0 Å². The molecule has 0 heterocycles. The van der Waals surface area contributed by atoms with Crippen molar-refractivity contribution in [2.45, 2.75) is 32.1 Å². The Labute approximate surface area is 67.7 Å². The summed E-state index contributed by atoms with van der Waals surface area (Å²) >= 11 is 0. The van der Waals surface area contributed by atoms with Crippen molar-refractivity contribution < 1.29 is 0 Å². The van der Waals surface area contributed by atoms with Gasteiger partial charge in [0.25, 0.3) is 0 Å². The van der Waals surface area contributed by atoms with Gasteiger partial charge in [0.15, 0.2) is 0 Å². The first kappa shape index (κ1) is 5.40. The molecule has 5 rings (SSSR count). The average molecular weight is 146 g/mol. The van der Waals surface area contributed by atoms with Crippen LogP contribution in [-0.4, -0.2) is 0 Å². The van der Waals surface area contributed by atoms with Crippen LogP contribution >= 0.6 is 0 Å². The monoisotopic (exact) mass is 146 g/mol. The Kier molecular flexibility index (Phi) is 0.706. The summed E-state index contributed by atoms with van der Waals surface area (Å²) in [6, 6.07) is 0. The molecule has 0 amide bonds. The standard InChI is InChI=1S/C11H14/c1-2-4-7-10-8-5-9(11(7)10)6(8)3-1/h6-9H,1-5H2. The molecule has 2 unspecified atom stereocenters. The first-order valence-corrected chi connectivity index (χ1v) is 5.20. The average Bonchev–Trinajstić information content (AvgIpc) is 2.45. The molecule has 11 heavy (non-hydrogen) atoms. The van der Waals surface area contributed by atoms with Gasteiger partial charge in [0.2, 0.25) is 0 Å². The van der Waals surface area contributed by atoms with Crippen LogP contribution in [0.25, 0.3) is 0 Å². The number of hydrogen-bond donors (Lipinski definition) is 0. The molecule has 6 bridgehead atoms. The molecule has 0 nitrogen and oxygen atoms in total. The number of rotatable bonds is 0. The smallest absolute Gasteiger partial charge is 0.00187 e. The molecule has 0 aromatic rings. The Morgan fingerprint density at radius 1 is 0.909 bits per heavy atom. The van der Waals surface area contributed by atoms with Crippen LogP contribution in [0.3, 0.4) is 0 Å². The van der Waals surface area contributed by atoms with E-state index in [4.69, 9.17) is 0 Å². The first-order valence-electron chi connectivity index (χ1n) is 5.20. The van der Waals surface area contributed by atoms with Crippen LogP contribution in [0, 0.1) is 23.7 Å².